The van der Waals surface area contributed by atoms with Crippen LogP contribution in [0.3, 0.4) is 0 Å². The highest BCUT2D eigenvalue weighted by atomic mass is 16.5. The first-order chi connectivity index (χ1) is 9.81. The number of hydrogen-bond donors (Lipinski definition) is 0. The van der Waals surface area contributed by atoms with Crippen molar-refractivity contribution in [3.05, 3.63) is 12.2 Å². The quantitative estimate of drug-likeness (QED) is 0.501. The highest BCUT2D eigenvalue weighted by molar-refractivity contribution is 4.98. The molecule has 20 heavy (non-hydrogen) atoms. The molecular formula is C18H32O2. The topological polar surface area (TPSA) is 18.5 Å². The van der Waals surface area contributed by atoms with Gasteiger partial charge in [-0.1, -0.05) is 26.0 Å². The van der Waals surface area contributed by atoms with E-state index in [0.29, 0.717) is 6.10 Å². The van der Waals surface area contributed by atoms with Gasteiger partial charge in [0.2, 0.25) is 0 Å². The molecule has 0 aromatic rings. The number of hydrogen-bond acceptors (Lipinski definition) is 2. The van der Waals surface area contributed by atoms with Crippen LogP contribution in [0.2, 0.25) is 0 Å². The third-order valence-corrected chi connectivity index (χ3v) is 4.96. The monoisotopic (exact) mass is 280 g/mol. The summed E-state index contributed by atoms with van der Waals surface area (Å²) in [5.74, 6) is 2.54. The van der Waals surface area contributed by atoms with E-state index in [0.717, 1.165) is 44.0 Å². The van der Waals surface area contributed by atoms with Crippen LogP contribution in [0.4, 0.5) is 0 Å². The average molecular weight is 280 g/mol. The van der Waals surface area contributed by atoms with E-state index in [-0.39, 0.29) is 0 Å². The van der Waals surface area contributed by atoms with Crippen LogP contribution in [0.25, 0.3) is 0 Å². The maximum absolute atomic E-state index is 5.99. The van der Waals surface area contributed by atoms with E-state index in [9.17, 15) is 0 Å². The molecule has 0 N–H and O–H groups in total. The van der Waals surface area contributed by atoms with Gasteiger partial charge in [-0.25, -0.2) is 0 Å². The molecular weight excluding hydrogens is 248 g/mol. The van der Waals surface area contributed by atoms with Crippen LogP contribution >= 0.6 is 0 Å². The summed E-state index contributed by atoms with van der Waals surface area (Å²) in [4.78, 5) is 0. The van der Waals surface area contributed by atoms with Gasteiger partial charge in [0.1, 0.15) is 0 Å². The first-order valence-corrected chi connectivity index (χ1v) is 8.67. The second kappa shape index (κ2) is 8.84. The van der Waals surface area contributed by atoms with Gasteiger partial charge in [-0.05, 0) is 62.7 Å². The third-order valence-electron chi connectivity index (χ3n) is 4.96. The van der Waals surface area contributed by atoms with Crippen LogP contribution in [0, 0.1) is 17.8 Å². The Bertz CT molecular complexity index is 287. The Morgan fingerprint density at radius 2 is 2.00 bits per heavy atom. The minimum Gasteiger partial charge on any atom is -0.379 e. The van der Waals surface area contributed by atoms with Crippen molar-refractivity contribution in [2.24, 2.45) is 17.8 Å². The van der Waals surface area contributed by atoms with Gasteiger partial charge in [0.05, 0.1) is 19.3 Å². The lowest BCUT2D eigenvalue weighted by atomic mass is 9.70. The summed E-state index contributed by atoms with van der Waals surface area (Å²) in [6, 6.07) is 0. The molecule has 2 aliphatic carbocycles. The van der Waals surface area contributed by atoms with Gasteiger partial charge >= 0.3 is 0 Å². The lowest BCUT2D eigenvalue weighted by Crippen LogP contribution is -2.33. The van der Waals surface area contributed by atoms with E-state index >= 15 is 0 Å². The molecule has 2 rings (SSSR count). The van der Waals surface area contributed by atoms with Crippen molar-refractivity contribution in [2.45, 2.75) is 64.9 Å². The van der Waals surface area contributed by atoms with Crippen molar-refractivity contribution in [1.82, 2.24) is 0 Å². The van der Waals surface area contributed by atoms with Crippen molar-refractivity contribution in [3.63, 3.8) is 0 Å². The molecule has 0 heterocycles. The van der Waals surface area contributed by atoms with Gasteiger partial charge in [-0.3, -0.25) is 0 Å². The summed E-state index contributed by atoms with van der Waals surface area (Å²) >= 11 is 0. The molecule has 0 radical (unpaired) electrons. The fraction of sp³-hybridized carbons (Fsp3) is 0.889. The Morgan fingerprint density at radius 1 is 1.10 bits per heavy atom. The summed E-state index contributed by atoms with van der Waals surface area (Å²) in [5, 5.41) is 0. The molecule has 2 heteroatoms. The van der Waals surface area contributed by atoms with Gasteiger partial charge in [0, 0.05) is 6.61 Å². The molecule has 0 saturated heterocycles. The Labute approximate surface area is 124 Å². The molecule has 3 unspecified atom stereocenters. The van der Waals surface area contributed by atoms with E-state index in [1.54, 1.807) is 0 Å². The largest absolute Gasteiger partial charge is 0.379 e. The van der Waals surface area contributed by atoms with Crippen LogP contribution in [0.15, 0.2) is 12.2 Å². The molecule has 0 aromatic heterocycles. The Hall–Kier alpha value is -0.340. The van der Waals surface area contributed by atoms with E-state index in [1.807, 2.05) is 0 Å². The van der Waals surface area contributed by atoms with Crippen molar-refractivity contribution in [2.75, 3.05) is 19.8 Å². The molecule has 116 valence electrons. The molecule has 0 aromatic carbocycles. The normalized spacial score (nSPS) is 34.3. The molecule has 1 fully saturated rings. The van der Waals surface area contributed by atoms with E-state index in [2.05, 4.69) is 26.0 Å². The molecule has 0 spiro atoms. The second-order valence-corrected chi connectivity index (χ2v) is 6.58. The summed E-state index contributed by atoms with van der Waals surface area (Å²) in [6.07, 6.45) is 14.4. The minimum absolute atomic E-state index is 0.471. The van der Waals surface area contributed by atoms with Crippen LogP contribution in [0.5, 0.6) is 0 Å². The molecule has 1 saturated carbocycles. The van der Waals surface area contributed by atoms with Gasteiger partial charge < -0.3 is 9.47 Å². The number of allylic oxidation sites excluding steroid dienone is 2. The Kier molecular flexibility index (Phi) is 7.09. The maximum atomic E-state index is 5.99. The summed E-state index contributed by atoms with van der Waals surface area (Å²) in [6.45, 7) is 6.96. The van der Waals surface area contributed by atoms with Crippen LogP contribution in [0.1, 0.15) is 58.8 Å². The fourth-order valence-electron chi connectivity index (χ4n) is 3.87. The van der Waals surface area contributed by atoms with Crippen LogP contribution < -0.4 is 0 Å². The molecule has 2 nitrogen and oxygen atoms in total. The first-order valence-electron chi connectivity index (χ1n) is 8.67. The first kappa shape index (κ1) is 16.0. The molecule has 4 atom stereocenters. The summed E-state index contributed by atoms with van der Waals surface area (Å²) in [5.41, 5.74) is 0. The zero-order valence-corrected chi connectivity index (χ0v) is 13.4. The Morgan fingerprint density at radius 3 is 2.70 bits per heavy atom. The predicted octanol–water partition coefficient (Wildman–Crippen LogP) is 4.59. The van der Waals surface area contributed by atoms with Crippen molar-refractivity contribution < 1.29 is 9.47 Å². The zero-order chi connectivity index (χ0) is 14.2. The predicted molar refractivity (Wildman–Crippen MR) is 83.8 cm³/mol. The molecule has 0 bridgehead atoms. The molecule has 0 amide bonds. The zero-order valence-electron chi connectivity index (χ0n) is 13.4. The van der Waals surface area contributed by atoms with E-state index in [1.165, 1.54) is 38.5 Å². The fourth-order valence-corrected chi connectivity index (χ4v) is 3.87. The van der Waals surface area contributed by atoms with Gasteiger partial charge in [0.25, 0.3) is 0 Å². The van der Waals surface area contributed by atoms with Crippen molar-refractivity contribution in [3.8, 4) is 0 Å². The molecule has 0 aliphatic heterocycles. The second-order valence-electron chi connectivity index (χ2n) is 6.58. The highest BCUT2D eigenvalue weighted by Crippen LogP contribution is 2.39. The summed E-state index contributed by atoms with van der Waals surface area (Å²) < 4.78 is 11.5. The standard InChI is InChI=1S/C18H32O2/c1-3-11-19-12-13-20-17-9-10-18(15(2)14-17)16-7-5-4-6-8-16/h5,7,15-18H,3-4,6,8-14H2,1-2H3/t15?,16-,17?,18?/m0/s1. The lowest BCUT2D eigenvalue weighted by Gasteiger charge is -2.38. The van der Waals surface area contributed by atoms with Gasteiger partial charge in [-0.2, -0.15) is 0 Å². The third kappa shape index (κ3) is 4.89. The van der Waals surface area contributed by atoms with Gasteiger partial charge in [-0.15, -0.1) is 0 Å². The highest BCUT2D eigenvalue weighted by Gasteiger charge is 2.32. The smallest absolute Gasteiger partial charge is 0.0704 e. The van der Waals surface area contributed by atoms with E-state index < -0.39 is 0 Å². The Balaban J connectivity index is 1.66. The van der Waals surface area contributed by atoms with Crippen LogP contribution in [-0.4, -0.2) is 25.9 Å². The minimum atomic E-state index is 0.471. The van der Waals surface area contributed by atoms with Crippen molar-refractivity contribution >= 4 is 0 Å². The van der Waals surface area contributed by atoms with Crippen LogP contribution in [-0.2, 0) is 9.47 Å². The SMILES string of the molecule is CCCOCCOC1CCC([C@H]2C=CCCC2)C(C)C1. The van der Waals surface area contributed by atoms with Crippen molar-refractivity contribution in [1.29, 1.82) is 0 Å². The van der Waals surface area contributed by atoms with E-state index in [4.69, 9.17) is 9.47 Å². The number of ether oxygens (including phenoxy) is 2. The average Bonchev–Trinajstić information content (AvgIpc) is 2.48. The number of rotatable bonds is 7. The lowest BCUT2D eigenvalue weighted by molar-refractivity contribution is -0.0327. The van der Waals surface area contributed by atoms with Gasteiger partial charge in [0.15, 0.2) is 0 Å². The summed E-state index contributed by atoms with van der Waals surface area (Å²) in [7, 11) is 0. The molecule has 2 aliphatic rings. The maximum Gasteiger partial charge on any atom is 0.0704 e.